The van der Waals surface area contributed by atoms with Crippen molar-refractivity contribution in [1.82, 2.24) is 5.06 Å². The fourth-order valence-corrected chi connectivity index (χ4v) is 6.81. The lowest BCUT2D eigenvalue weighted by atomic mass is 9.84. The van der Waals surface area contributed by atoms with Gasteiger partial charge >= 0.3 is 5.97 Å². The summed E-state index contributed by atoms with van der Waals surface area (Å²) < 4.78 is -0.779. The monoisotopic (exact) mass is 621 g/mol. The number of carbonyl (C=O) groups is 4. The first-order chi connectivity index (χ1) is 19.5. The highest BCUT2D eigenvalue weighted by Gasteiger charge is 2.43. The van der Waals surface area contributed by atoms with Crippen molar-refractivity contribution in [3.05, 3.63) is 108 Å². The second-order valence-corrected chi connectivity index (χ2v) is 11.6. The molecule has 3 aromatic rings. The second-order valence-electron chi connectivity index (χ2n) is 9.65. The van der Waals surface area contributed by atoms with Crippen molar-refractivity contribution in [3.63, 3.8) is 0 Å². The molecule has 8 heteroatoms. The summed E-state index contributed by atoms with van der Waals surface area (Å²) in [5.41, 5.74) is 2.98. The minimum atomic E-state index is -0.779. The Labute approximate surface area is 247 Å². The third kappa shape index (κ3) is 7.09. The highest BCUT2D eigenvalue weighted by atomic mass is 79.9. The Morgan fingerprint density at radius 2 is 1.25 bits per heavy atom. The fraction of sp³-hybridized carbons (Fsp3) is 0.312. The lowest BCUT2D eigenvalue weighted by Crippen LogP contribution is -2.38. The molecule has 0 saturated carbocycles. The number of hydroxylamine groups is 2. The zero-order chi connectivity index (χ0) is 28.4. The number of halogens is 1. The number of ketones is 1. The van der Waals surface area contributed by atoms with Crippen LogP contribution in [0.2, 0.25) is 0 Å². The molecule has 0 N–H and O–H groups in total. The number of hydrogen-bond acceptors (Lipinski definition) is 6. The SMILES string of the molecule is O=C(CBr)CCCCCC(SC(c1ccccc1)(c1ccccc1)c1ccccc1)C(=O)ON1C(=O)CCC1=O. The Balaban J connectivity index is 1.72. The lowest BCUT2D eigenvalue weighted by Gasteiger charge is -2.37. The normalized spacial score (nSPS) is 14.3. The average molecular weight is 623 g/mol. The molecule has 0 aromatic heterocycles. The highest BCUT2D eigenvalue weighted by Crippen LogP contribution is 2.51. The van der Waals surface area contributed by atoms with Gasteiger partial charge in [-0.3, -0.25) is 14.4 Å². The molecule has 208 valence electrons. The summed E-state index contributed by atoms with van der Waals surface area (Å²) in [6, 6.07) is 30.0. The zero-order valence-electron chi connectivity index (χ0n) is 22.2. The predicted molar refractivity (Wildman–Crippen MR) is 160 cm³/mol. The molecule has 1 saturated heterocycles. The number of alkyl halides is 1. The van der Waals surface area contributed by atoms with Crippen LogP contribution in [-0.2, 0) is 28.8 Å². The highest BCUT2D eigenvalue weighted by molar-refractivity contribution is 9.09. The van der Waals surface area contributed by atoms with Crippen LogP contribution in [0.3, 0.4) is 0 Å². The summed E-state index contributed by atoms with van der Waals surface area (Å²) in [7, 11) is 0. The molecule has 1 aliphatic heterocycles. The van der Waals surface area contributed by atoms with Gasteiger partial charge in [-0.1, -0.05) is 120 Å². The molecule has 2 amide bonds. The number of nitrogens with zero attached hydrogens (tertiary/aromatic N) is 1. The van der Waals surface area contributed by atoms with Crippen molar-refractivity contribution in [3.8, 4) is 0 Å². The summed E-state index contributed by atoms with van der Waals surface area (Å²) in [6.07, 6.45) is 3.17. The molecular formula is C32H32BrNO5S. The topological polar surface area (TPSA) is 80.8 Å². The zero-order valence-corrected chi connectivity index (χ0v) is 24.6. The van der Waals surface area contributed by atoms with E-state index in [0.717, 1.165) is 29.5 Å². The van der Waals surface area contributed by atoms with E-state index < -0.39 is 27.8 Å². The molecule has 1 unspecified atom stereocenters. The van der Waals surface area contributed by atoms with Crippen molar-refractivity contribution in [2.45, 2.75) is 54.9 Å². The smallest absolute Gasteiger partial charge is 0.329 e. The van der Waals surface area contributed by atoms with E-state index in [-0.39, 0.29) is 18.6 Å². The number of amides is 2. The lowest BCUT2D eigenvalue weighted by molar-refractivity contribution is -0.197. The van der Waals surface area contributed by atoms with Crippen LogP contribution in [0.15, 0.2) is 91.0 Å². The molecule has 4 rings (SSSR count). The number of thioether (sulfide) groups is 1. The average Bonchev–Trinajstić information content (AvgIpc) is 3.32. The van der Waals surface area contributed by atoms with E-state index >= 15 is 0 Å². The van der Waals surface area contributed by atoms with Gasteiger partial charge < -0.3 is 4.84 Å². The van der Waals surface area contributed by atoms with Crippen LogP contribution in [0.4, 0.5) is 0 Å². The minimum Gasteiger partial charge on any atom is -0.329 e. The van der Waals surface area contributed by atoms with Gasteiger partial charge in [-0.05, 0) is 29.5 Å². The standard InChI is InChI=1S/C32H32BrNO5S/c33-23-27(35)19-11-4-12-20-28(31(38)39-34-29(36)21-22-30(34)37)40-32(24-13-5-1-6-14-24,25-15-7-2-8-16-25)26-17-9-3-10-18-26/h1-3,5-10,13-18,28H,4,11-12,19-23H2. The maximum Gasteiger partial charge on any atom is 0.346 e. The van der Waals surface area contributed by atoms with Gasteiger partial charge in [0.05, 0.1) is 10.1 Å². The molecule has 0 aliphatic carbocycles. The maximum absolute atomic E-state index is 13.7. The van der Waals surface area contributed by atoms with Gasteiger partial charge in [0.25, 0.3) is 11.8 Å². The van der Waals surface area contributed by atoms with E-state index in [4.69, 9.17) is 4.84 Å². The largest absolute Gasteiger partial charge is 0.346 e. The van der Waals surface area contributed by atoms with Gasteiger partial charge in [0.2, 0.25) is 0 Å². The quantitative estimate of drug-likeness (QED) is 0.0873. The number of hydrogen-bond donors (Lipinski definition) is 0. The molecule has 0 bridgehead atoms. The van der Waals surface area contributed by atoms with Crippen molar-refractivity contribution in [2.24, 2.45) is 0 Å². The first-order valence-electron chi connectivity index (χ1n) is 13.5. The Morgan fingerprint density at radius 1 is 0.775 bits per heavy atom. The fourth-order valence-electron chi connectivity index (χ4n) is 4.86. The molecule has 0 spiro atoms. The van der Waals surface area contributed by atoms with Gasteiger partial charge in [0, 0.05) is 19.3 Å². The summed E-state index contributed by atoms with van der Waals surface area (Å²) in [6.45, 7) is 0. The van der Waals surface area contributed by atoms with Crippen LogP contribution in [0.25, 0.3) is 0 Å². The van der Waals surface area contributed by atoms with Crippen LogP contribution in [0.1, 0.15) is 61.6 Å². The number of imide groups is 1. The van der Waals surface area contributed by atoms with Gasteiger partial charge in [0.15, 0.2) is 0 Å². The molecule has 6 nitrogen and oxygen atoms in total. The van der Waals surface area contributed by atoms with Gasteiger partial charge in [-0.25, -0.2) is 4.79 Å². The van der Waals surface area contributed by atoms with E-state index in [0.29, 0.717) is 29.7 Å². The molecule has 1 aliphatic rings. The Kier molecular flexibility index (Phi) is 10.7. The number of carbonyl (C=O) groups excluding carboxylic acids is 4. The number of Topliss-reactive ketones (excluding diaryl/α,β-unsaturated/α-hetero) is 1. The Hall–Kier alpha value is -3.23. The van der Waals surface area contributed by atoms with Crippen molar-refractivity contribution < 1.29 is 24.0 Å². The molecule has 3 aromatic carbocycles. The second kappa shape index (κ2) is 14.4. The molecular weight excluding hydrogens is 590 g/mol. The molecule has 0 radical (unpaired) electrons. The van der Waals surface area contributed by atoms with Crippen molar-refractivity contribution >= 4 is 51.3 Å². The maximum atomic E-state index is 13.7. The van der Waals surface area contributed by atoms with E-state index in [1.165, 1.54) is 11.8 Å². The van der Waals surface area contributed by atoms with Gasteiger partial charge in [-0.2, -0.15) is 0 Å². The number of unbranched alkanes of at least 4 members (excludes halogenated alkanes) is 2. The van der Waals surface area contributed by atoms with Crippen LogP contribution >= 0.6 is 27.7 Å². The van der Waals surface area contributed by atoms with Crippen LogP contribution in [0.5, 0.6) is 0 Å². The van der Waals surface area contributed by atoms with Gasteiger partial charge in [0.1, 0.15) is 11.0 Å². The van der Waals surface area contributed by atoms with Crippen molar-refractivity contribution in [1.29, 1.82) is 0 Å². The Morgan fingerprint density at radius 3 is 1.70 bits per heavy atom. The Bertz CT molecular complexity index is 1190. The first-order valence-corrected chi connectivity index (χ1v) is 15.5. The third-order valence-electron chi connectivity index (χ3n) is 6.88. The third-order valence-corrected chi connectivity index (χ3v) is 9.28. The van der Waals surface area contributed by atoms with E-state index in [1.54, 1.807) is 0 Å². The minimum absolute atomic E-state index is 0.0352. The summed E-state index contributed by atoms with van der Waals surface area (Å²) in [5, 5.41) is 0.261. The van der Waals surface area contributed by atoms with E-state index in [2.05, 4.69) is 52.3 Å². The molecule has 1 atom stereocenters. The molecule has 1 heterocycles. The number of rotatable bonds is 14. The van der Waals surface area contributed by atoms with Crippen LogP contribution in [0, 0.1) is 0 Å². The summed E-state index contributed by atoms with van der Waals surface area (Å²) in [5.74, 6) is -1.49. The van der Waals surface area contributed by atoms with E-state index in [9.17, 15) is 19.2 Å². The van der Waals surface area contributed by atoms with Gasteiger partial charge in [-0.15, -0.1) is 16.8 Å². The molecule has 40 heavy (non-hydrogen) atoms. The van der Waals surface area contributed by atoms with Crippen LogP contribution < -0.4 is 0 Å². The molecule has 1 fully saturated rings. The van der Waals surface area contributed by atoms with Crippen molar-refractivity contribution in [2.75, 3.05) is 5.33 Å². The summed E-state index contributed by atoms with van der Waals surface area (Å²) in [4.78, 5) is 55.5. The summed E-state index contributed by atoms with van der Waals surface area (Å²) >= 11 is 4.66. The van der Waals surface area contributed by atoms with Crippen LogP contribution in [-0.4, -0.2) is 39.2 Å². The predicted octanol–water partition coefficient (Wildman–Crippen LogP) is 6.60. The number of benzene rings is 3. The first kappa shape index (κ1) is 29.7. The van der Waals surface area contributed by atoms with E-state index in [1.807, 2.05) is 54.6 Å².